The highest BCUT2D eigenvalue weighted by Crippen LogP contribution is 2.26. The predicted octanol–water partition coefficient (Wildman–Crippen LogP) is 3.88. The van der Waals surface area contributed by atoms with E-state index in [4.69, 9.17) is 9.26 Å². The van der Waals surface area contributed by atoms with E-state index < -0.39 is 17.5 Å². The fourth-order valence-corrected chi connectivity index (χ4v) is 2.12. The van der Waals surface area contributed by atoms with Crippen LogP contribution in [0.15, 0.2) is 53.2 Å². The van der Waals surface area contributed by atoms with E-state index in [1.54, 1.807) is 31.4 Å². The van der Waals surface area contributed by atoms with Crippen molar-refractivity contribution >= 4 is 11.6 Å². The number of hydrogen-bond acceptors (Lipinski definition) is 4. The summed E-state index contributed by atoms with van der Waals surface area (Å²) < 4.78 is 36.5. The first kappa shape index (κ1) is 15.7. The molecule has 0 saturated heterocycles. The Balaban J connectivity index is 1.85. The lowest BCUT2D eigenvalue weighted by molar-refractivity contribution is 0.102. The maximum atomic E-state index is 13.4. The number of rotatable bonds is 4. The second kappa shape index (κ2) is 6.49. The summed E-state index contributed by atoms with van der Waals surface area (Å²) in [5.74, 6) is -1.80. The van der Waals surface area contributed by atoms with E-state index in [1.807, 2.05) is 0 Å². The van der Waals surface area contributed by atoms with Gasteiger partial charge in [-0.1, -0.05) is 5.16 Å². The lowest BCUT2D eigenvalue weighted by atomic mass is 10.1. The summed E-state index contributed by atoms with van der Waals surface area (Å²) in [6.45, 7) is 0. The number of amides is 1. The van der Waals surface area contributed by atoms with Gasteiger partial charge in [0.1, 0.15) is 11.3 Å². The van der Waals surface area contributed by atoms with Crippen molar-refractivity contribution in [2.45, 2.75) is 0 Å². The highest BCUT2D eigenvalue weighted by Gasteiger charge is 2.19. The number of nitrogens with zero attached hydrogens (tertiary/aromatic N) is 1. The minimum absolute atomic E-state index is 0.0555. The molecule has 0 unspecified atom stereocenters. The second-order valence-electron chi connectivity index (χ2n) is 4.88. The molecule has 1 aromatic heterocycles. The van der Waals surface area contributed by atoms with Crippen LogP contribution in [0, 0.1) is 11.6 Å². The number of anilines is 1. The summed E-state index contributed by atoms with van der Waals surface area (Å²) in [7, 11) is 1.54. The van der Waals surface area contributed by atoms with Crippen LogP contribution in [0.1, 0.15) is 10.4 Å². The van der Waals surface area contributed by atoms with Gasteiger partial charge in [0.05, 0.1) is 13.3 Å². The Morgan fingerprint density at radius 1 is 1.12 bits per heavy atom. The van der Waals surface area contributed by atoms with E-state index in [0.29, 0.717) is 11.4 Å². The molecule has 0 aliphatic heterocycles. The van der Waals surface area contributed by atoms with Gasteiger partial charge in [0.15, 0.2) is 17.4 Å². The maximum Gasteiger partial charge on any atom is 0.261 e. The third kappa shape index (κ3) is 3.10. The SMILES string of the molecule is COc1ccc(NC(=O)c2cnoc2-c2ccc(F)c(F)c2)cc1. The van der Waals surface area contributed by atoms with Crippen LogP contribution in [0.4, 0.5) is 14.5 Å². The van der Waals surface area contributed by atoms with E-state index in [1.165, 1.54) is 12.3 Å². The Hall–Kier alpha value is -3.22. The van der Waals surface area contributed by atoms with Gasteiger partial charge >= 0.3 is 0 Å². The second-order valence-corrected chi connectivity index (χ2v) is 4.88. The van der Waals surface area contributed by atoms with Crippen LogP contribution in [0.3, 0.4) is 0 Å². The molecule has 0 aliphatic rings. The standard InChI is InChI=1S/C17H12F2N2O3/c1-23-12-5-3-11(4-6-12)21-17(22)13-9-20-24-16(13)10-2-7-14(18)15(19)8-10/h2-9H,1H3,(H,21,22). The molecule has 0 fully saturated rings. The van der Waals surface area contributed by atoms with E-state index in [-0.39, 0.29) is 16.9 Å². The van der Waals surface area contributed by atoms with Crippen molar-refractivity contribution in [2.75, 3.05) is 12.4 Å². The molecule has 24 heavy (non-hydrogen) atoms. The molecular formula is C17H12F2N2O3. The van der Waals surface area contributed by atoms with Crippen molar-refractivity contribution in [2.24, 2.45) is 0 Å². The summed E-state index contributed by atoms with van der Waals surface area (Å²) >= 11 is 0. The van der Waals surface area contributed by atoms with Gasteiger partial charge in [-0.25, -0.2) is 8.78 Å². The third-order valence-corrected chi connectivity index (χ3v) is 3.34. The number of aromatic nitrogens is 1. The fourth-order valence-electron chi connectivity index (χ4n) is 2.12. The molecule has 1 N–H and O–H groups in total. The molecule has 2 aromatic carbocycles. The van der Waals surface area contributed by atoms with Crippen molar-refractivity contribution in [1.29, 1.82) is 0 Å². The maximum absolute atomic E-state index is 13.4. The van der Waals surface area contributed by atoms with Crippen molar-refractivity contribution in [3.8, 4) is 17.1 Å². The minimum atomic E-state index is -1.04. The summed E-state index contributed by atoms with van der Waals surface area (Å²) in [4.78, 5) is 12.4. The Morgan fingerprint density at radius 2 is 1.88 bits per heavy atom. The Kier molecular flexibility index (Phi) is 4.24. The smallest absolute Gasteiger partial charge is 0.261 e. The van der Waals surface area contributed by atoms with Gasteiger partial charge in [0, 0.05) is 11.3 Å². The number of benzene rings is 2. The van der Waals surface area contributed by atoms with Gasteiger partial charge in [-0.05, 0) is 42.5 Å². The third-order valence-electron chi connectivity index (χ3n) is 3.34. The van der Waals surface area contributed by atoms with Gasteiger partial charge in [-0.15, -0.1) is 0 Å². The number of ether oxygens (including phenoxy) is 1. The number of carbonyl (C=O) groups excluding carboxylic acids is 1. The molecule has 0 radical (unpaired) electrons. The normalized spacial score (nSPS) is 10.5. The molecule has 3 rings (SSSR count). The van der Waals surface area contributed by atoms with Crippen LogP contribution >= 0.6 is 0 Å². The summed E-state index contributed by atoms with van der Waals surface area (Å²) in [5, 5.41) is 6.24. The van der Waals surface area contributed by atoms with Gasteiger partial charge < -0.3 is 14.6 Å². The quantitative estimate of drug-likeness (QED) is 0.788. The number of nitrogens with one attached hydrogen (secondary N) is 1. The van der Waals surface area contributed by atoms with Gasteiger partial charge in [-0.3, -0.25) is 4.79 Å². The largest absolute Gasteiger partial charge is 0.497 e. The molecule has 0 spiro atoms. The Bertz CT molecular complexity index is 876. The number of hydrogen-bond donors (Lipinski definition) is 1. The predicted molar refractivity (Wildman–Crippen MR) is 82.8 cm³/mol. The molecule has 5 nitrogen and oxygen atoms in total. The summed E-state index contributed by atoms with van der Waals surface area (Å²) in [5.41, 5.74) is 0.862. The van der Waals surface area contributed by atoms with Crippen LogP contribution in [-0.4, -0.2) is 18.2 Å². The Labute approximate surface area is 135 Å². The van der Waals surface area contributed by atoms with Crippen molar-refractivity contribution in [3.63, 3.8) is 0 Å². The van der Waals surface area contributed by atoms with Crippen LogP contribution in [0.2, 0.25) is 0 Å². The van der Waals surface area contributed by atoms with E-state index in [2.05, 4.69) is 10.5 Å². The van der Waals surface area contributed by atoms with Crippen molar-refractivity contribution in [3.05, 3.63) is 65.9 Å². The summed E-state index contributed by atoms with van der Waals surface area (Å²) in [6.07, 6.45) is 1.22. The topological polar surface area (TPSA) is 64.4 Å². The first-order chi connectivity index (χ1) is 11.6. The van der Waals surface area contributed by atoms with Crippen LogP contribution in [-0.2, 0) is 0 Å². The zero-order valence-corrected chi connectivity index (χ0v) is 12.5. The van der Waals surface area contributed by atoms with Gasteiger partial charge in [-0.2, -0.15) is 0 Å². The monoisotopic (exact) mass is 330 g/mol. The molecule has 0 atom stereocenters. The molecule has 1 heterocycles. The summed E-state index contributed by atoms with van der Waals surface area (Å²) in [6, 6.07) is 9.93. The van der Waals surface area contributed by atoms with Crippen LogP contribution in [0.5, 0.6) is 5.75 Å². The number of halogens is 2. The van der Waals surface area contributed by atoms with Gasteiger partial charge in [0.25, 0.3) is 5.91 Å². The zero-order valence-electron chi connectivity index (χ0n) is 12.5. The molecule has 3 aromatic rings. The number of methoxy groups -OCH3 is 1. The molecule has 7 heteroatoms. The molecule has 0 saturated carbocycles. The van der Waals surface area contributed by atoms with Crippen LogP contribution < -0.4 is 10.1 Å². The van der Waals surface area contributed by atoms with Gasteiger partial charge in [0.2, 0.25) is 0 Å². The first-order valence-electron chi connectivity index (χ1n) is 6.94. The average Bonchev–Trinajstić information content (AvgIpc) is 3.08. The highest BCUT2D eigenvalue weighted by atomic mass is 19.2. The lowest BCUT2D eigenvalue weighted by Crippen LogP contribution is -2.12. The molecule has 0 bridgehead atoms. The highest BCUT2D eigenvalue weighted by molar-refractivity contribution is 6.07. The van der Waals surface area contributed by atoms with Crippen LogP contribution in [0.25, 0.3) is 11.3 Å². The van der Waals surface area contributed by atoms with E-state index in [0.717, 1.165) is 12.1 Å². The first-order valence-corrected chi connectivity index (χ1v) is 6.94. The Morgan fingerprint density at radius 3 is 2.54 bits per heavy atom. The molecule has 0 aliphatic carbocycles. The minimum Gasteiger partial charge on any atom is -0.497 e. The van der Waals surface area contributed by atoms with Crippen molar-refractivity contribution < 1.29 is 22.8 Å². The van der Waals surface area contributed by atoms with E-state index in [9.17, 15) is 13.6 Å². The van der Waals surface area contributed by atoms with E-state index >= 15 is 0 Å². The molecule has 122 valence electrons. The lowest BCUT2D eigenvalue weighted by Gasteiger charge is -2.06. The van der Waals surface area contributed by atoms with Crippen molar-refractivity contribution in [1.82, 2.24) is 5.16 Å². The molecular weight excluding hydrogens is 318 g/mol. The fraction of sp³-hybridized carbons (Fsp3) is 0.0588. The average molecular weight is 330 g/mol. The number of carbonyl (C=O) groups is 1. The zero-order chi connectivity index (χ0) is 17.1. The molecule has 1 amide bonds.